The fraction of sp³-hybridized carbons (Fsp3) is 0.417. The molecule has 1 aromatic rings. The molecule has 8 heteroatoms. The monoisotopic (exact) mass is 295 g/mol. The van der Waals surface area contributed by atoms with Crippen LogP contribution in [0.5, 0.6) is 5.75 Å². The molecule has 0 saturated carbocycles. The maximum atomic E-state index is 13.7. The van der Waals surface area contributed by atoms with Gasteiger partial charge in [0.05, 0.1) is 0 Å². The Labute approximate surface area is 112 Å². The lowest BCUT2D eigenvalue weighted by atomic mass is 10.1. The van der Waals surface area contributed by atoms with Crippen LogP contribution in [0, 0.1) is 17.6 Å². The summed E-state index contributed by atoms with van der Waals surface area (Å²) in [5.74, 6) is -5.04. The van der Waals surface area contributed by atoms with Gasteiger partial charge in [0.1, 0.15) is 11.4 Å². The zero-order valence-electron chi connectivity index (χ0n) is 10.5. The third-order valence-electron chi connectivity index (χ3n) is 2.42. The molecule has 4 nitrogen and oxygen atoms in total. The highest BCUT2D eigenvalue weighted by Gasteiger charge is 2.23. The smallest absolute Gasteiger partial charge is 0.387 e. The Hall–Kier alpha value is -1.83. The molecule has 1 amide bonds. The van der Waals surface area contributed by atoms with Crippen LogP contribution in [0.25, 0.3) is 0 Å². The minimum Gasteiger partial charge on any atom is -0.432 e. The van der Waals surface area contributed by atoms with Crippen LogP contribution in [0.1, 0.15) is 17.3 Å². The zero-order valence-corrected chi connectivity index (χ0v) is 10.5. The Bertz CT molecular complexity index is 482. The van der Waals surface area contributed by atoms with Crippen LogP contribution in [0.2, 0.25) is 0 Å². The maximum Gasteiger partial charge on any atom is 0.387 e. The third-order valence-corrected chi connectivity index (χ3v) is 2.42. The van der Waals surface area contributed by atoms with Crippen molar-refractivity contribution in [3.05, 3.63) is 29.3 Å². The topological polar surface area (TPSA) is 58.6 Å². The van der Waals surface area contributed by atoms with Gasteiger partial charge in [0.25, 0.3) is 5.91 Å². The van der Waals surface area contributed by atoms with Crippen LogP contribution in [0.15, 0.2) is 12.1 Å². The van der Waals surface area contributed by atoms with Crippen LogP contribution in [0.4, 0.5) is 17.6 Å². The number of alkyl halides is 2. The quantitative estimate of drug-likeness (QED) is 0.788. The summed E-state index contributed by atoms with van der Waals surface area (Å²) in [6.45, 7) is -1.93. The summed E-state index contributed by atoms with van der Waals surface area (Å²) in [5, 5.41) is 11.0. The Kier molecular flexibility index (Phi) is 5.75. The first-order valence-electron chi connectivity index (χ1n) is 5.68. The summed E-state index contributed by atoms with van der Waals surface area (Å²) in [5.41, 5.74) is -1.01. The molecule has 0 aliphatic heterocycles. The molecule has 0 fully saturated rings. The molecule has 0 aromatic heterocycles. The highest BCUT2D eigenvalue weighted by molar-refractivity contribution is 5.95. The van der Waals surface area contributed by atoms with E-state index in [-0.39, 0.29) is 19.1 Å². The molecule has 1 aromatic carbocycles. The largest absolute Gasteiger partial charge is 0.432 e. The van der Waals surface area contributed by atoms with E-state index in [0.29, 0.717) is 12.1 Å². The summed E-state index contributed by atoms with van der Waals surface area (Å²) in [6.07, 6.45) is 0. The molecule has 20 heavy (non-hydrogen) atoms. The van der Waals surface area contributed by atoms with E-state index in [4.69, 9.17) is 5.11 Å². The summed E-state index contributed by atoms with van der Waals surface area (Å²) in [4.78, 5) is 11.6. The SMILES string of the molecule is CC(CO)CNC(=O)c1c(F)ccc(OC(F)F)c1F. The minimum atomic E-state index is -3.29. The predicted molar refractivity (Wildman–Crippen MR) is 61.6 cm³/mol. The summed E-state index contributed by atoms with van der Waals surface area (Å²) >= 11 is 0. The van der Waals surface area contributed by atoms with Crippen LogP contribution in [-0.4, -0.2) is 30.8 Å². The van der Waals surface area contributed by atoms with E-state index in [9.17, 15) is 22.4 Å². The lowest BCUT2D eigenvalue weighted by Crippen LogP contribution is -2.31. The summed E-state index contributed by atoms with van der Waals surface area (Å²) in [7, 11) is 0. The van der Waals surface area contributed by atoms with Gasteiger partial charge in [-0.25, -0.2) is 8.78 Å². The van der Waals surface area contributed by atoms with Gasteiger partial charge < -0.3 is 15.2 Å². The average molecular weight is 295 g/mol. The van der Waals surface area contributed by atoms with Gasteiger partial charge >= 0.3 is 6.61 Å². The maximum absolute atomic E-state index is 13.7. The van der Waals surface area contributed by atoms with Gasteiger partial charge in [0, 0.05) is 13.2 Å². The Morgan fingerprint density at radius 2 is 2.05 bits per heavy atom. The normalized spacial score (nSPS) is 12.3. The first kappa shape index (κ1) is 16.2. The highest BCUT2D eigenvalue weighted by atomic mass is 19.3. The first-order chi connectivity index (χ1) is 9.36. The molecule has 1 unspecified atom stereocenters. The number of nitrogens with one attached hydrogen (secondary N) is 1. The number of carbonyl (C=O) groups excluding carboxylic acids is 1. The number of amides is 1. The van der Waals surface area contributed by atoms with Gasteiger partial charge in [-0.1, -0.05) is 6.92 Å². The summed E-state index contributed by atoms with van der Waals surface area (Å²) < 4.78 is 55.1. The van der Waals surface area contributed by atoms with E-state index < -0.39 is 35.5 Å². The van der Waals surface area contributed by atoms with Crippen LogP contribution < -0.4 is 10.1 Å². The molecule has 1 atom stereocenters. The van der Waals surface area contributed by atoms with Crippen LogP contribution >= 0.6 is 0 Å². The Morgan fingerprint density at radius 1 is 1.40 bits per heavy atom. The lowest BCUT2D eigenvalue weighted by Gasteiger charge is -2.12. The average Bonchev–Trinajstić information content (AvgIpc) is 2.39. The second-order valence-corrected chi connectivity index (χ2v) is 4.11. The molecule has 0 aliphatic carbocycles. The van der Waals surface area contributed by atoms with Gasteiger partial charge in [-0.2, -0.15) is 8.78 Å². The molecule has 2 N–H and O–H groups in total. The second-order valence-electron chi connectivity index (χ2n) is 4.11. The van der Waals surface area contributed by atoms with Crippen molar-refractivity contribution in [1.82, 2.24) is 5.32 Å². The van der Waals surface area contributed by atoms with E-state index in [0.717, 1.165) is 0 Å². The predicted octanol–water partition coefficient (Wildman–Crippen LogP) is 1.92. The van der Waals surface area contributed by atoms with Crippen LogP contribution in [0.3, 0.4) is 0 Å². The van der Waals surface area contributed by atoms with Crippen LogP contribution in [-0.2, 0) is 0 Å². The minimum absolute atomic E-state index is 0.0197. The number of ether oxygens (including phenoxy) is 1. The second kappa shape index (κ2) is 7.09. The number of hydrogen-bond acceptors (Lipinski definition) is 3. The van der Waals surface area contributed by atoms with E-state index in [2.05, 4.69) is 10.1 Å². The Balaban J connectivity index is 2.95. The molecule has 1 rings (SSSR count). The van der Waals surface area contributed by atoms with E-state index >= 15 is 0 Å². The van der Waals surface area contributed by atoms with E-state index in [1.54, 1.807) is 6.92 Å². The fourth-order valence-corrected chi connectivity index (χ4v) is 1.35. The molecule has 0 spiro atoms. The standard InChI is InChI=1S/C12H13F4NO3/c1-6(5-18)4-17-11(19)9-7(13)2-3-8(10(9)14)20-12(15)16/h2-3,6,12,18H,4-5H2,1H3,(H,17,19). The van der Waals surface area contributed by atoms with Crippen molar-refractivity contribution in [1.29, 1.82) is 0 Å². The molecule has 0 heterocycles. The van der Waals surface area contributed by atoms with Crippen molar-refractivity contribution in [2.45, 2.75) is 13.5 Å². The van der Waals surface area contributed by atoms with E-state index in [1.807, 2.05) is 0 Å². The molecular weight excluding hydrogens is 282 g/mol. The molecule has 112 valence electrons. The van der Waals surface area contributed by atoms with E-state index in [1.165, 1.54) is 0 Å². The number of aliphatic hydroxyl groups excluding tert-OH is 1. The van der Waals surface area contributed by atoms with Crippen molar-refractivity contribution in [2.75, 3.05) is 13.2 Å². The fourth-order valence-electron chi connectivity index (χ4n) is 1.35. The molecule has 0 radical (unpaired) electrons. The molecule has 0 bridgehead atoms. The van der Waals surface area contributed by atoms with Crippen molar-refractivity contribution >= 4 is 5.91 Å². The number of benzene rings is 1. The third kappa shape index (κ3) is 4.09. The van der Waals surface area contributed by atoms with Gasteiger partial charge in [-0.05, 0) is 18.1 Å². The van der Waals surface area contributed by atoms with Crippen molar-refractivity contribution in [3.8, 4) is 5.75 Å². The summed E-state index contributed by atoms with van der Waals surface area (Å²) in [6, 6.07) is 1.33. The van der Waals surface area contributed by atoms with Gasteiger partial charge in [0.15, 0.2) is 11.6 Å². The van der Waals surface area contributed by atoms with Crippen molar-refractivity contribution < 1.29 is 32.2 Å². The molecule has 0 saturated heterocycles. The Morgan fingerprint density at radius 3 is 2.60 bits per heavy atom. The number of rotatable bonds is 6. The van der Waals surface area contributed by atoms with Crippen molar-refractivity contribution in [2.24, 2.45) is 5.92 Å². The van der Waals surface area contributed by atoms with Gasteiger partial charge in [-0.3, -0.25) is 4.79 Å². The molecular formula is C12H13F4NO3. The number of halogens is 4. The number of aliphatic hydroxyl groups is 1. The van der Waals surface area contributed by atoms with Gasteiger partial charge in [0.2, 0.25) is 0 Å². The van der Waals surface area contributed by atoms with Gasteiger partial charge in [-0.15, -0.1) is 0 Å². The number of carbonyl (C=O) groups is 1. The first-order valence-corrected chi connectivity index (χ1v) is 5.68. The zero-order chi connectivity index (χ0) is 15.3. The highest BCUT2D eigenvalue weighted by Crippen LogP contribution is 2.24. The molecule has 0 aliphatic rings. The van der Waals surface area contributed by atoms with Crippen molar-refractivity contribution in [3.63, 3.8) is 0 Å². The lowest BCUT2D eigenvalue weighted by molar-refractivity contribution is -0.0523. The number of hydrogen-bond donors (Lipinski definition) is 2.